The third-order valence-corrected chi connectivity index (χ3v) is 4.61. The largest absolute Gasteiger partial charge is 0.324 e. The van der Waals surface area contributed by atoms with Crippen LogP contribution in [0.2, 0.25) is 0 Å². The number of rotatable bonds is 3. The molecule has 0 saturated carbocycles. The van der Waals surface area contributed by atoms with Crippen molar-refractivity contribution in [2.45, 2.75) is 58.5 Å². The lowest BCUT2D eigenvalue weighted by Gasteiger charge is -2.09. The van der Waals surface area contributed by atoms with Crippen LogP contribution in [-0.2, 0) is 13.0 Å². The Morgan fingerprint density at radius 2 is 2.28 bits per heavy atom. The molecule has 0 bridgehead atoms. The smallest absolute Gasteiger partial charge is 0.0738 e. The van der Waals surface area contributed by atoms with E-state index in [0.717, 1.165) is 29.6 Å². The Bertz CT molecular complexity index is 448. The predicted octanol–water partition coefficient (Wildman–Crippen LogP) is 3.34. The minimum absolute atomic E-state index is 0.236. The van der Waals surface area contributed by atoms with Crippen LogP contribution >= 0.6 is 15.9 Å². The van der Waals surface area contributed by atoms with Crippen molar-refractivity contribution in [1.29, 1.82) is 0 Å². The van der Waals surface area contributed by atoms with Crippen molar-refractivity contribution in [1.82, 2.24) is 9.78 Å². The molecule has 100 valence electrons. The number of nitrogens with zero attached hydrogens (tertiary/aromatic N) is 2. The van der Waals surface area contributed by atoms with Gasteiger partial charge in [0.15, 0.2) is 0 Å². The maximum Gasteiger partial charge on any atom is 0.0738 e. The molecule has 1 aliphatic rings. The van der Waals surface area contributed by atoms with Crippen LogP contribution in [0, 0.1) is 6.92 Å². The number of aromatic nitrogens is 2. The normalized spacial score (nSPS) is 20.7. The number of halogens is 1. The summed E-state index contributed by atoms with van der Waals surface area (Å²) in [5.41, 5.74) is 9.91. The monoisotopic (exact) mass is 311 g/mol. The zero-order valence-corrected chi connectivity index (χ0v) is 12.8. The van der Waals surface area contributed by atoms with Gasteiger partial charge in [-0.15, -0.1) is 0 Å². The van der Waals surface area contributed by atoms with Gasteiger partial charge in [-0.05, 0) is 49.0 Å². The van der Waals surface area contributed by atoms with Gasteiger partial charge in [-0.2, -0.15) is 5.10 Å². The lowest BCUT2D eigenvalue weighted by Crippen LogP contribution is -2.16. The van der Waals surface area contributed by atoms with E-state index in [1.807, 2.05) is 6.92 Å². The number of allylic oxidation sites excluding steroid dienone is 1. The molecule has 3 nitrogen and oxygen atoms in total. The fourth-order valence-electron chi connectivity index (χ4n) is 2.60. The van der Waals surface area contributed by atoms with E-state index in [1.165, 1.54) is 30.5 Å². The third kappa shape index (κ3) is 3.04. The Labute approximate surface area is 118 Å². The SMILES string of the molecule is CCn1nc(C)c(Br)c1CC1=CC(N)CCCC1. The van der Waals surface area contributed by atoms with Crippen LogP contribution in [0.3, 0.4) is 0 Å². The third-order valence-electron chi connectivity index (χ3n) is 3.58. The lowest BCUT2D eigenvalue weighted by atomic mass is 10.0. The number of hydrogen-bond donors (Lipinski definition) is 1. The molecule has 0 aromatic carbocycles. The Balaban J connectivity index is 2.22. The summed E-state index contributed by atoms with van der Waals surface area (Å²) in [6.45, 7) is 5.10. The highest BCUT2D eigenvalue weighted by Gasteiger charge is 2.15. The van der Waals surface area contributed by atoms with Gasteiger partial charge in [0.25, 0.3) is 0 Å². The van der Waals surface area contributed by atoms with Gasteiger partial charge in [0.1, 0.15) is 0 Å². The predicted molar refractivity (Wildman–Crippen MR) is 78.6 cm³/mol. The summed E-state index contributed by atoms with van der Waals surface area (Å²) in [7, 11) is 0. The second kappa shape index (κ2) is 6.02. The topological polar surface area (TPSA) is 43.8 Å². The van der Waals surface area contributed by atoms with Crippen LogP contribution in [0.4, 0.5) is 0 Å². The molecule has 0 spiro atoms. The van der Waals surface area contributed by atoms with Crippen molar-refractivity contribution in [2.24, 2.45) is 5.73 Å². The molecule has 2 N–H and O–H groups in total. The molecule has 2 rings (SSSR count). The molecule has 1 aliphatic carbocycles. The standard InChI is InChI=1S/C14H22BrN3/c1-3-18-13(14(15)10(2)17-18)9-11-6-4-5-7-12(16)8-11/h8,12H,3-7,9,16H2,1-2H3. The average molecular weight is 312 g/mol. The van der Waals surface area contributed by atoms with Gasteiger partial charge in [-0.1, -0.05) is 18.1 Å². The molecule has 4 heteroatoms. The molecule has 0 saturated heterocycles. The minimum Gasteiger partial charge on any atom is -0.324 e. The van der Waals surface area contributed by atoms with E-state index < -0.39 is 0 Å². The van der Waals surface area contributed by atoms with Gasteiger partial charge in [0.05, 0.1) is 15.9 Å². The van der Waals surface area contributed by atoms with Crippen LogP contribution < -0.4 is 5.73 Å². The van der Waals surface area contributed by atoms with Crippen LogP contribution in [0.25, 0.3) is 0 Å². The fourth-order valence-corrected chi connectivity index (χ4v) is 3.03. The molecule has 1 aromatic rings. The first-order valence-electron chi connectivity index (χ1n) is 6.78. The van der Waals surface area contributed by atoms with Gasteiger partial charge >= 0.3 is 0 Å². The van der Waals surface area contributed by atoms with Crippen LogP contribution in [0.5, 0.6) is 0 Å². The van der Waals surface area contributed by atoms with E-state index >= 15 is 0 Å². The summed E-state index contributed by atoms with van der Waals surface area (Å²) < 4.78 is 3.25. The van der Waals surface area contributed by atoms with Crippen molar-refractivity contribution in [3.05, 3.63) is 27.5 Å². The molecule has 1 atom stereocenters. The zero-order chi connectivity index (χ0) is 13.1. The van der Waals surface area contributed by atoms with Crippen molar-refractivity contribution >= 4 is 15.9 Å². The molecule has 0 aliphatic heterocycles. The highest BCUT2D eigenvalue weighted by molar-refractivity contribution is 9.10. The number of nitrogens with two attached hydrogens (primary N) is 1. The molecule has 1 heterocycles. The number of aryl methyl sites for hydroxylation is 2. The first kappa shape index (κ1) is 13.8. The molecular weight excluding hydrogens is 290 g/mol. The lowest BCUT2D eigenvalue weighted by molar-refractivity contribution is 0.618. The highest BCUT2D eigenvalue weighted by atomic mass is 79.9. The second-order valence-electron chi connectivity index (χ2n) is 5.07. The van der Waals surface area contributed by atoms with Gasteiger partial charge < -0.3 is 5.73 Å². The molecule has 0 fully saturated rings. The summed E-state index contributed by atoms with van der Waals surface area (Å²) in [6.07, 6.45) is 8.04. The Hall–Kier alpha value is -0.610. The van der Waals surface area contributed by atoms with E-state index in [0.29, 0.717) is 0 Å². The van der Waals surface area contributed by atoms with Crippen molar-refractivity contribution in [2.75, 3.05) is 0 Å². The van der Waals surface area contributed by atoms with E-state index in [4.69, 9.17) is 5.73 Å². The fraction of sp³-hybridized carbons (Fsp3) is 0.643. The molecular formula is C14H22BrN3. The van der Waals surface area contributed by atoms with Crippen LogP contribution in [0.15, 0.2) is 16.1 Å². The van der Waals surface area contributed by atoms with E-state index in [9.17, 15) is 0 Å². The maximum absolute atomic E-state index is 6.08. The Morgan fingerprint density at radius 1 is 1.50 bits per heavy atom. The molecule has 0 radical (unpaired) electrons. The summed E-state index contributed by atoms with van der Waals surface area (Å²) in [6, 6.07) is 0.236. The molecule has 18 heavy (non-hydrogen) atoms. The van der Waals surface area contributed by atoms with Gasteiger partial charge in [-0.25, -0.2) is 0 Å². The maximum atomic E-state index is 6.08. The van der Waals surface area contributed by atoms with Crippen molar-refractivity contribution in [3.63, 3.8) is 0 Å². The quantitative estimate of drug-likeness (QED) is 0.870. The molecule has 1 aromatic heterocycles. The van der Waals surface area contributed by atoms with Crippen LogP contribution in [-0.4, -0.2) is 15.8 Å². The highest BCUT2D eigenvalue weighted by Crippen LogP contribution is 2.26. The first-order valence-corrected chi connectivity index (χ1v) is 7.58. The molecule has 0 amide bonds. The van der Waals surface area contributed by atoms with E-state index in [1.54, 1.807) is 0 Å². The summed E-state index contributed by atoms with van der Waals surface area (Å²) in [4.78, 5) is 0. The van der Waals surface area contributed by atoms with E-state index in [-0.39, 0.29) is 6.04 Å². The Kier molecular flexibility index (Phi) is 4.62. The average Bonchev–Trinajstić information content (AvgIpc) is 2.53. The number of hydrogen-bond acceptors (Lipinski definition) is 2. The first-order chi connectivity index (χ1) is 8.61. The summed E-state index contributed by atoms with van der Waals surface area (Å²) in [5.74, 6) is 0. The molecule has 1 unspecified atom stereocenters. The van der Waals surface area contributed by atoms with Gasteiger partial charge in [0, 0.05) is 19.0 Å². The van der Waals surface area contributed by atoms with Crippen molar-refractivity contribution in [3.8, 4) is 0 Å². The summed E-state index contributed by atoms with van der Waals surface area (Å²) >= 11 is 3.66. The summed E-state index contributed by atoms with van der Waals surface area (Å²) in [5, 5.41) is 4.55. The van der Waals surface area contributed by atoms with Gasteiger partial charge in [-0.3, -0.25) is 4.68 Å². The van der Waals surface area contributed by atoms with E-state index in [2.05, 4.69) is 38.7 Å². The van der Waals surface area contributed by atoms with Crippen molar-refractivity contribution < 1.29 is 0 Å². The zero-order valence-electron chi connectivity index (χ0n) is 11.2. The van der Waals surface area contributed by atoms with Gasteiger partial charge in [0.2, 0.25) is 0 Å². The minimum atomic E-state index is 0.236. The Morgan fingerprint density at radius 3 is 3.00 bits per heavy atom. The van der Waals surface area contributed by atoms with Crippen LogP contribution in [0.1, 0.15) is 44.0 Å². The second-order valence-corrected chi connectivity index (χ2v) is 5.87.